The summed E-state index contributed by atoms with van der Waals surface area (Å²) in [5, 5.41) is 0.0162. The predicted octanol–water partition coefficient (Wildman–Crippen LogP) is 1.78. The van der Waals surface area contributed by atoms with Crippen LogP contribution in [0.25, 0.3) is 0 Å². The maximum atomic E-state index is 5.37. The van der Waals surface area contributed by atoms with Crippen molar-refractivity contribution in [3.05, 3.63) is 0 Å². The highest BCUT2D eigenvalue weighted by Crippen LogP contribution is 1.93. The van der Waals surface area contributed by atoms with E-state index in [-0.39, 0.29) is 5.38 Å². The third kappa shape index (κ3) is 4.54. The van der Waals surface area contributed by atoms with Gasteiger partial charge in [-0.05, 0) is 6.92 Å². The molecule has 1 nitrogen and oxygen atoms in total. The Morgan fingerprint density at radius 1 is 1.83 bits per heavy atom. The molecule has 0 radical (unpaired) electrons. The second-order valence-electron chi connectivity index (χ2n) is 1.06. The number of hydrogen-bond acceptors (Lipinski definition) is 1. The molecule has 0 bridgehead atoms. The average molecular weight is 129 g/mol. The van der Waals surface area contributed by atoms with Gasteiger partial charge in [-0.2, -0.15) is 0 Å². The molecule has 1 atom stereocenters. The SMILES string of the molecule is CC(Cl)COCl. The van der Waals surface area contributed by atoms with Crippen molar-refractivity contribution in [2.45, 2.75) is 12.3 Å². The Balaban J connectivity index is 2.63. The molecule has 0 saturated heterocycles. The minimum atomic E-state index is 0.0162. The Morgan fingerprint density at radius 3 is 2.33 bits per heavy atom. The van der Waals surface area contributed by atoms with Crippen LogP contribution >= 0.6 is 23.5 Å². The van der Waals surface area contributed by atoms with Gasteiger partial charge in [0.2, 0.25) is 0 Å². The van der Waals surface area contributed by atoms with Gasteiger partial charge in [-0.1, -0.05) is 0 Å². The fourth-order valence-electron chi connectivity index (χ4n) is 0.0868. The number of rotatable bonds is 2. The van der Waals surface area contributed by atoms with Crippen molar-refractivity contribution in [1.29, 1.82) is 0 Å². The number of alkyl halides is 1. The molecule has 3 heteroatoms. The largest absolute Gasteiger partial charge is 0.278 e. The summed E-state index contributed by atoms with van der Waals surface area (Å²) in [6.07, 6.45) is 0. The van der Waals surface area contributed by atoms with Crippen LogP contribution in [0.3, 0.4) is 0 Å². The van der Waals surface area contributed by atoms with E-state index in [2.05, 4.69) is 4.29 Å². The van der Waals surface area contributed by atoms with Gasteiger partial charge in [0.05, 0.1) is 23.9 Å². The van der Waals surface area contributed by atoms with Crippen molar-refractivity contribution >= 4 is 23.5 Å². The van der Waals surface area contributed by atoms with E-state index in [1.165, 1.54) is 0 Å². The molecule has 0 aliphatic carbocycles. The van der Waals surface area contributed by atoms with Gasteiger partial charge >= 0.3 is 0 Å². The van der Waals surface area contributed by atoms with Crippen molar-refractivity contribution in [3.8, 4) is 0 Å². The summed E-state index contributed by atoms with van der Waals surface area (Å²) in [6.45, 7) is 2.22. The molecule has 0 rings (SSSR count). The molecule has 0 N–H and O–H groups in total. The van der Waals surface area contributed by atoms with Crippen LogP contribution in [-0.4, -0.2) is 12.0 Å². The lowest BCUT2D eigenvalue weighted by Crippen LogP contribution is -1.96. The zero-order valence-corrected chi connectivity index (χ0v) is 4.96. The molecule has 0 heterocycles. The van der Waals surface area contributed by atoms with Crippen LogP contribution < -0.4 is 0 Å². The monoisotopic (exact) mass is 128 g/mol. The van der Waals surface area contributed by atoms with Gasteiger partial charge in [-0.15, -0.1) is 11.6 Å². The van der Waals surface area contributed by atoms with Crippen LogP contribution in [-0.2, 0) is 4.29 Å². The summed E-state index contributed by atoms with van der Waals surface area (Å²) in [4.78, 5) is 0. The van der Waals surface area contributed by atoms with Crippen molar-refractivity contribution in [3.63, 3.8) is 0 Å². The quantitative estimate of drug-likeness (QED) is 0.516. The molecule has 0 aromatic heterocycles. The first kappa shape index (κ1) is 6.54. The van der Waals surface area contributed by atoms with Crippen LogP contribution in [0.5, 0.6) is 0 Å². The fraction of sp³-hybridized carbons (Fsp3) is 1.00. The van der Waals surface area contributed by atoms with Gasteiger partial charge < -0.3 is 0 Å². The van der Waals surface area contributed by atoms with Gasteiger partial charge in [0.25, 0.3) is 0 Å². The molecule has 0 aliphatic rings. The molecule has 0 amide bonds. The van der Waals surface area contributed by atoms with Crippen LogP contribution in [0.1, 0.15) is 6.92 Å². The summed E-state index contributed by atoms with van der Waals surface area (Å²) in [7, 11) is 0. The highest BCUT2D eigenvalue weighted by molar-refractivity contribution is 6.20. The molecule has 0 saturated carbocycles. The molecule has 0 fully saturated rings. The van der Waals surface area contributed by atoms with Crippen molar-refractivity contribution < 1.29 is 4.29 Å². The fourth-order valence-corrected chi connectivity index (χ4v) is 0.403. The summed E-state index contributed by atoms with van der Waals surface area (Å²) in [5.74, 6) is 0. The van der Waals surface area contributed by atoms with E-state index < -0.39 is 0 Å². The zero-order chi connectivity index (χ0) is 4.99. The minimum absolute atomic E-state index is 0.0162. The highest BCUT2D eigenvalue weighted by Gasteiger charge is 1.90. The maximum Gasteiger partial charge on any atom is 0.0843 e. The van der Waals surface area contributed by atoms with E-state index >= 15 is 0 Å². The van der Waals surface area contributed by atoms with E-state index in [0.29, 0.717) is 6.61 Å². The molecular weight excluding hydrogens is 123 g/mol. The van der Waals surface area contributed by atoms with Gasteiger partial charge in [0.1, 0.15) is 0 Å². The minimum Gasteiger partial charge on any atom is -0.278 e. The summed E-state index contributed by atoms with van der Waals surface area (Å²) in [5.41, 5.74) is 0. The normalized spacial score (nSPS) is 14.5. The number of halogens is 2. The van der Waals surface area contributed by atoms with Crippen molar-refractivity contribution in [1.82, 2.24) is 0 Å². The summed E-state index contributed by atoms with van der Waals surface area (Å²) in [6, 6.07) is 0. The standard InChI is InChI=1S/C3H6Cl2O/c1-3(4)2-6-5/h3H,2H2,1H3. The zero-order valence-electron chi connectivity index (χ0n) is 3.45. The lowest BCUT2D eigenvalue weighted by Gasteiger charge is -1.92. The summed E-state index contributed by atoms with van der Waals surface area (Å²) < 4.78 is 4.14. The maximum absolute atomic E-state index is 5.37. The average Bonchev–Trinajstić information content (AvgIpc) is 1.35. The van der Waals surface area contributed by atoms with Crippen LogP contribution in [0.15, 0.2) is 0 Å². The van der Waals surface area contributed by atoms with Gasteiger partial charge in [-0.3, -0.25) is 4.29 Å². The van der Waals surface area contributed by atoms with Gasteiger partial charge in [-0.25, -0.2) is 0 Å². The molecule has 38 valence electrons. The molecule has 0 aromatic rings. The molecule has 6 heavy (non-hydrogen) atoms. The molecule has 0 aliphatic heterocycles. The van der Waals surface area contributed by atoms with E-state index in [0.717, 1.165) is 0 Å². The van der Waals surface area contributed by atoms with Gasteiger partial charge in [0, 0.05) is 0 Å². The Morgan fingerprint density at radius 2 is 2.33 bits per heavy atom. The first-order valence-corrected chi connectivity index (χ1v) is 2.39. The molecule has 0 spiro atoms. The van der Waals surface area contributed by atoms with Crippen molar-refractivity contribution in [2.24, 2.45) is 0 Å². The lowest BCUT2D eigenvalue weighted by molar-refractivity contribution is 0.354. The molecule has 1 unspecified atom stereocenters. The lowest BCUT2D eigenvalue weighted by atomic mass is 10.5. The van der Waals surface area contributed by atoms with E-state index in [4.69, 9.17) is 23.5 Å². The van der Waals surface area contributed by atoms with Gasteiger partial charge in [0.15, 0.2) is 0 Å². The van der Waals surface area contributed by atoms with Crippen LogP contribution in [0.4, 0.5) is 0 Å². The summed E-state index contributed by atoms with van der Waals surface area (Å²) >= 11 is 10.2. The smallest absolute Gasteiger partial charge is 0.0843 e. The second kappa shape index (κ2) is 3.72. The Labute approximate surface area is 47.4 Å². The first-order chi connectivity index (χ1) is 2.77. The highest BCUT2D eigenvalue weighted by atomic mass is 35.5. The first-order valence-electron chi connectivity index (χ1n) is 1.65. The molecule has 0 aromatic carbocycles. The molecular formula is C3H6Cl2O. The van der Waals surface area contributed by atoms with E-state index in [1.54, 1.807) is 0 Å². The van der Waals surface area contributed by atoms with E-state index in [1.807, 2.05) is 6.92 Å². The van der Waals surface area contributed by atoms with Crippen LogP contribution in [0.2, 0.25) is 0 Å². The second-order valence-corrected chi connectivity index (χ2v) is 2.02. The third-order valence-electron chi connectivity index (χ3n) is 0.293. The van der Waals surface area contributed by atoms with E-state index in [9.17, 15) is 0 Å². The topological polar surface area (TPSA) is 9.23 Å². The third-order valence-corrected chi connectivity index (χ3v) is 0.545. The Hall–Kier alpha value is 0.540. The Kier molecular flexibility index (Phi) is 4.06. The number of hydrogen-bond donors (Lipinski definition) is 0. The van der Waals surface area contributed by atoms with Crippen molar-refractivity contribution in [2.75, 3.05) is 6.61 Å². The predicted molar refractivity (Wildman–Crippen MR) is 27.1 cm³/mol. The Bertz CT molecular complexity index is 30.0. The van der Waals surface area contributed by atoms with Crippen LogP contribution in [0, 0.1) is 0 Å².